The van der Waals surface area contributed by atoms with Crippen molar-refractivity contribution in [3.8, 4) is 0 Å². The first-order valence-corrected chi connectivity index (χ1v) is 7.90. The normalized spacial score (nSPS) is 18.4. The summed E-state index contributed by atoms with van der Waals surface area (Å²) in [5.41, 5.74) is 0. The molecule has 1 saturated heterocycles. The highest BCUT2D eigenvalue weighted by Gasteiger charge is 2.30. The van der Waals surface area contributed by atoms with Gasteiger partial charge in [-0.25, -0.2) is 0 Å². The van der Waals surface area contributed by atoms with Crippen LogP contribution >= 0.6 is 0 Å². The van der Waals surface area contributed by atoms with Crippen LogP contribution in [0, 0.1) is 5.92 Å². The second-order valence-corrected chi connectivity index (χ2v) is 6.08. The summed E-state index contributed by atoms with van der Waals surface area (Å²) >= 11 is 0. The summed E-state index contributed by atoms with van der Waals surface area (Å²) in [6.07, 6.45) is 1.97. The van der Waals surface area contributed by atoms with Crippen LogP contribution in [0.1, 0.15) is 39.5 Å². The molecule has 0 aliphatic carbocycles. The van der Waals surface area contributed by atoms with Crippen LogP contribution in [0.2, 0.25) is 0 Å². The highest BCUT2D eigenvalue weighted by atomic mass is 16.4. The van der Waals surface area contributed by atoms with Gasteiger partial charge in [0.05, 0.1) is 12.5 Å². The quantitative estimate of drug-likeness (QED) is 0.565. The van der Waals surface area contributed by atoms with E-state index in [1.165, 1.54) is 0 Å². The molecule has 7 nitrogen and oxygen atoms in total. The highest BCUT2D eigenvalue weighted by molar-refractivity contribution is 5.83. The average Bonchev–Trinajstić information content (AvgIpc) is 2.85. The van der Waals surface area contributed by atoms with Gasteiger partial charge in [0.2, 0.25) is 11.8 Å². The summed E-state index contributed by atoms with van der Waals surface area (Å²) in [4.78, 5) is 36.2. The monoisotopic (exact) mass is 313 g/mol. The Hall–Kier alpha value is -1.63. The fourth-order valence-corrected chi connectivity index (χ4v) is 2.62. The van der Waals surface area contributed by atoms with E-state index in [9.17, 15) is 14.4 Å². The molecule has 1 atom stereocenters. The lowest BCUT2D eigenvalue weighted by molar-refractivity contribution is -0.137. The number of aliphatic carboxylic acids is 1. The van der Waals surface area contributed by atoms with Crippen LogP contribution in [0.4, 0.5) is 0 Å². The molecule has 0 radical (unpaired) electrons. The summed E-state index contributed by atoms with van der Waals surface area (Å²) in [6.45, 7) is 6.53. The van der Waals surface area contributed by atoms with Crippen molar-refractivity contribution in [1.29, 1.82) is 0 Å². The standard InChI is InChI=1S/C15H27N3O4/c1-11(2)10-18-9-3-4-12(18)15(22)17-7-5-13(19)16-8-6-14(20)21/h11-12H,3-10H2,1-2H3,(H,16,19)(H,17,22)(H,20,21). The number of carbonyl (C=O) groups excluding carboxylic acids is 2. The molecule has 1 aliphatic rings. The van der Waals surface area contributed by atoms with Gasteiger partial charge in [-0.15, -0.1) is 0 Å². The van der Waals surface area contributed by atoms with Crippen molar-refractivity contribution in [3.63, 3.8) is 0 Å². The lowest BCUT2D eigenvalue weighted by atomic mass is 10.1. The van der Waals surface area contributed by atoms with Gasteiger partial charge < -0.3 is 15.7 Å². The maximum absolute atomic E-state index is 12.2. The van der Waals surface area contributed by atoms with Crippen LogP contribution in [0.3, 0.4) is 0 Å². The second-order valence-electron chi connectivity index (χ2n) is 6.08. The lowest BCUT2D eigenvalue weighted by Gasteiger charge is -2.25. The zero-order valence-corrected chi connectivity index (χ0v) is 13.4. The van der Waals surface area contributed by atoms with E-state index in [2.05, 4.69) is 29.4 Å². The third kappa shape index (κ3) is 6.89. The molecule has 1 fully saturated rings. The Labute approximate surface area is 131 Å². The zero-order valence-electron chi connectivity index (χ0n) is 13.4. The fraction of sp³-hybridized carbons (Fsp3) is 0.800. The van der Waals surface area contributed by atoms with Gasteiger partial charge in [-0.1, -0.05) is 13.8 Å². The smallest absolute Gasteiger partial charge is 0.305 e. The van der Waals surface area contributed by atoms with E-state index < -0.39 is 5.97 Å². The molecule has 2 amide bonds. The summed E-state index contributed by atoms with van der Waals surface area (Å²) in [6, 6.07) is -0.0857. The third-order valence-electron chi connectivity index (χ3n) is 3.58. The van der Waals surface area contributed by atoms with Crippen LogP contribution in [-0.4, -0.2) is 60.0 Å². The van der Waals surface area contributed by atoms with Crippen molar-refractivity contribution >= 4 is 17.8 Å². The van der Waals surface area contributed by atoms with E-state index in [0.717, 1.165) is 25.9 Å². The molecule has 1 unspecified atom stereocenters. The molecular weight excluding hydrogens is 286 g/mol. The van der Waals surface area contributed by atoms with Gasteiger partial charge >= 0.3 is 5.97 Å². The Kier molecular flexibility index (Phi) is 7.87. The topological polar surface area (TPSA) is 98.7 Å². The molecule has 126 valence electrons. The Balaban J connectivity index is 2.22. The van der Waals surface area contributed by atoms with Crippen LogP contribution in [-0.2, 0) is 14.4 Å². The minimum Gasteiger partial charge on any atom is -0.481 e. The number of carboxylic acid groups (broad SMARTS) is 1. The van der Waals surface area contributed by atoms with Gasteiger partial charge in [0, 0.05) is 26.1 Å². The number of rotatable bonds is 9. The minimum absolute atomic E-state index is 0.0171. The average molecular weight is 313 g/mol. The number of nitrogens with zero attached hydrogens (tertiary/aromatic N) is 1. The van der Waals surface area contributed by atoms with Gasteiger partial charge in [-0.2, -0.15) is 0 Å². The molecule has 0 aromatic carbocycles. The number of carbonyl (C=O) groups is 3. The van der Waals surface area contributed by atoms with Crippen LogP contribution < -0.4 is 10.6 Å². The third-order valence-corrected chi connectivity index (χ3v) is 3.58. The van der Waals surface area contributed by atoms with E-state index in [4.69, 9.17) is 5.11 Å². The van der Waals surface area contributed by atoms with Crippen molar-refractivity contribution in [2.24, 2.45) is 5.92 Å². The summed E-state index contributed by atoms with van der Waals surface area (Å²) < 4.78 is 0. The maximum atomic E-state index is 12.2. The fourth-order valence-electron chi connectivity index (χ4n) is 2.62. The zero-order chi connectivity index (χ0) is 16.5. The van der Waals surface area contributed by atoms with Crippen LogP contribution in [0.25, 0.3) is 0 Å². The van der Waals surface area contributed by atoms with Crippen molar-refractivity contribution in [2.75, 3.05) is 26.2 Å². The second kappa shape index (κ2) is 9.40. The molecule has 0 spiro atoms. The van der Waals surface area contributed by atoms with Gasteiger partial charge in [-0.3, -0.25) is 19.3 Å². The largest absolute Gasteiger partial charge is 0.481 e. The number of hydrogen-bond acceptors (Lipinski definition) is 4. The Morgan fingerprint density at radius 1 is 1.18 bits per heavy atom. The molecule has 3 N–H and O–H groups in total. The Morgan fingerprint density at radius 3 is 2.50 bits per heavy atom. The molecule has 22 heavy (non-hydrogen) atoms. The highest BCUT2D eigenvalue weighted by Crippen LogP contribution is 2.18. The summed E-state index contributed by atoms with van der Waals surface area (Å²) in [7, 11) is 0. The predicted molar refractivity (Wildman–Crippen MR) is 82.3 cm³/mol. The van der Waals surface area contributed by atoms with Gasteiger partial charge in [-0.05, 0) is 25.3 Å². The minimum atomic E-state index is -0.944. The number of nitrogens with one attached hydrogen (secondary N) is 2. The first kappa shape index (κ1) is 18.4. The molecular formula is C15H27N3O4. The number of amides is 2. The van der Waals surface area contributed by atoms with E-state index >= 15 is 0 Å². The van der Waals surface area contributed by atoms with E-state index in [1.54, 1.807) is 0 Å². The van der Waals surface area contributed by atoms with E-state index in [1.807, 2.05) is 0 Å². The van der Waals surface area contributed by atoms with Gasteiger partial charge in [0.15, 0.2) is 0 Å². The first-order chi connectivity index (χ1) is 10.4. The number of hydrogen-bond donors (Lipinski definition) is 3. The van der Waals surface area contributed by atoms with E-state index in [-0.39, 0.29) is 43.8 Å². The maximum Gasteiger partial charge on any atom is 0.305 e. The van der Waals surface area contributed by atoms with Crippen molar-refractivity contribution in [2.45, 2.75) is 45.6 Å². The molecule has 0 aromatic heterocycles. The van der Waals surface area contributed by atoms with E-state index in [0.29, 0.717) is 5.92 Å². The number of carboxylic acids is 1. The SMILES string of the molecule is CC(C)CN1CCCC1C(=O)NCCC(=O)NCCC(=O)O. The molecule has 7 heteroatoms. The molecule has 1 rings (SSSR count). The summed E-state index contributed by atoms with van der Waals surface area (Å²) in [5.74, 6) is -0.683. The van der Waals surface area contributed by atoms with Crippen molar-refractivity contribution in [1.82, 2.24) is 15.5 Å². The molecule has 0 aromatic rings. The van der Waals surface area contributed by atoms with Crippen LogP contribution in [0.5, 0.6) is 0 Å². The first-order valence-electron chi connectivity index (χ1n) is 7.90. The lowest BCUT2D eigenvalue weighted by Crippen LogP contribution is -2.45. The molecule has 0 saturated carbocycles. The Morgan fingerprint density at radius 2 is 1.86 bits per heavy atom. The molecule has 1 heterocycles. The van der Waals surface area contributed by atoms with Crippen LogP contribution in [0.15, 0.2) is 0 Å². The molecule has 1 aliphatic heterocycles. The Bertz CT molecular complexity index is 398. The van der Waals surface area contributed by atoms with Crippen molar-refractivity contribution in [3.05, 3.63) is 0 Å². The molecule has 0 bridgehead atoms. The van der Waals surface area contributed by atoms with Gasteiger partial charge in [0.25, 0.3) is 0 Å². The van der Waals surface area contributed by atoms with Crippen molar-refractivity contribution < 1.29 is 19.5 Å². The van der Waals surface area contributed by atoms with Gasteiger partial charge in [0.1, 0.15) is 0 Å². The summed E-state index contributed by atoms with van der Waals surface area (Å²) in [5, 5.41) is 13.8. The predicted octanol–water partition coefficient (Wildman–Crippen LogP) is 0.204. The number of likely N-dealkylation sites (tertiary alicyclic amines) is 1.